The molecule has 16 heavy (non-hydrogen) atoms. The first-order chi connectivity index (χ1) is 7.60. The maximum atomic E-state index is 13.4. The lowest BCUT2D eigenvalue weighted by molar-refractivity contribution is -0.128. The van der Waals surface area contributed by atoms with Gasteiger partial charge in [0.15, 0.2) is 17.3 Å². The van der Waals surface area contributed by atoms with Crippen LogP contribution in [0.4, 0.5) is 4.39 Å². The van der Waals surface area contributed by atoms with Gasteiger partial charge in [-0.2, -0.15) is 0 Å². The molecule has 0 heterocycles. The van der Waals surface area contributed by atoms with E-state index in [1.807, 2.05) is 0 Å². The summed E-state index contributed by atoms with van der Waals surface area (Å²) in [6, 6.07) is 4.38. The third-order valence-corrected chi connectivity index (χ3v) is 2.18. The average molecular weight is 226 g/mol. The predicted octanol–water partition coefficient (Wildman–Crippen LogP) is 2.50. The summed E-state index contributed by atoms with van der Waals surface area (Å²) in [6.07, 6.45) is -0.703. The van der Waals surface area contributed by atoms with Crippen molar-refractivity contribution in [1.29, 1.82) is 0 Å². The van der Waals surface area contributed by atoms with E-state index in [1.165, 1.54) is 26.2 Å². The molecule has 88 valence electrons. The van der Waals surface area contributed by atoms with E-state index in [2.05, 4.69) is 0 Å². The molecular weight excluding hydrogens is 211 g/mol. The van der Waals surface area contributed by atoms with Crippen molar-refractivity contribution in [3.8, 4) is 5.75 Å². The van der Waals surface area contributed by atoms with Gasteiger partial charge >= 0.3 is 0 Å². The van der Waals surface area contributed by atoms with Gasteiger partial charge in [-0.1, -0.05) is 6.07 Å². The molecule has 0 aromatic heterocycles. The maximum absolute atomic E-state index is 13.4. The van der Waals surface area contributed by atoms with Crippen LogP contribution < -0.4 is 4.74 Å². The Morgan fingerprint density at radius 3 is 2.62 bits per heavy atom. The minimum Gasteiger partial charge on any atom is -0.494 e. The summed E-state index contributed by atoms with van der Waals surface area (Å²) >= 11 is 0. The molecule has 0 fully saturated rings. The first kappa shape index (κ1) is 12.6. The van der Waals surface area contributed by atoms with Crippen LogP contribution in [0, 0.1) is 5.82 Å². The second-order valence-electron chi connectivity index (χ2n) is 3.34. The Balaban J connectivity index is 3.01. The maximum Gasteiger partial charge on any atom is 0.165 e. The van der Waals surface area contributed by atoms with E-state index in [0.717, 1.165) is 0 Å². The van der Waals surface area contributed by atoms with E-state index in [9.17, 15) is 9.18 Å². The molecule has 0 saturated carbocycles. The zero-order valence-corrected chi connectivity index (χ0v) is 9.62. The summed E-state index contributed by atoms with van der Waals surface area (Å²) in [5.41, 5.74) is 0.507. The average Bonchev–Trinajstić information content (AvgIpc) is 2.25. The molecule has 1 unspecified atom stereocenters. The van der Waals surface area contributed by atoms with Gasteiger partial charge < -0.3 is 9.47 Å². The van der Waals surface area contributed by atoms with Crippen LogP contribution in [0.5, 0.6) is 5.75 Å². The lowest BCUT2D eigenvalue weighted by atomic mass is 10.1. The van der Waals surface area contributed by atoms with Crippen LogP contribution >= 0.6 is 0 Å². The summed E-state index contributed by atoms with van der Waals surface area (Å²) in [7, 11) is 1.39. The fourth-order valence-corrected chi connectivity index (χ4v) is 1.46. The molecular formula is C12H15FO3. The lowest BCUT2D eigenvalue weighted by Gasteiger charge is -2.14. The Morgan fingerprint density at radius 1 is 1.50 bits per heavy atom. The summed E-state index contributed by atoms with van der Waals surface area (Å²) in [5, 5.41) is 0. The van der Waals surface area contributed by atoms with Crippen LogP contribution in [0.15, 0.2) is 18.2 Å². The Bertz CT molecular complexity index is 377. The summed E-state index contributed by atoms with van der Waals surface area (Å²) in [5.74, 6) is -0.486. The second-order valence-corrected chi connectivity index (χ2v) is 3.34. The van der Waals surface area contributed by atoms with E-state index < -0.39 is 11.9 Å². The number of rotatable bonds is 5. The molecule has 4 heteroatoms. The SMILES string of the molecule is CCOC(C(C)=O)c1ccc(OC)c(F)c1. The van der Waals surface area contributed by atoms with Crippen LogP contribution in [-0.2, 0) is 9.53 Å². The number of ketones is 1. The summed E-state index contributed by atoms with van der Waals surface area (Å²) in [6.45, 7) is 3.61. The molecule has 0 aliphatic heterocycles. The number of halogens is 1. The second kappa shape index (κ2) is 5.61. The third-order valence-electron chi connectivity index (χ3n) is 2.18. The first-order valence-electron chi connectivity index (χ1n) is 5.05. The molecule has 0 radical (unpaired) electrons. The Morgan fingerprint density at radius 2 is 2.19 bits per heavy atom. The van der Waals surface area contributed by atoms with Crippen molar-refractivity contribution in [2.75, 3.05) is 13.7 Å². The van der Waals surface area contributed by atoms with E-state index in [-0.39, 0.29) is 11.5 Å². The molecule has 0 aliphatic rings. The molecule has 1 rings (SSSR count). The van der Waals surface area contributed by atoms with Gasteiger partial charge in [0, 0.05) is 6.61 Å². The highest BCUT2D eigenvalue weighted by Gasteiger charge is 2.18. The Hall–Kier alpha value is -1.42. The van der Waals surface area contributed by atoms with Gasteiger partial charge in [0.1, 0.15) is 6.10 Å². The van der Waals surface area contributed by atoms with Crippen molar-refractivity contribution in [3.05, 3.63) is 29.6 Å². The van der Waals surface area contributed by atoms with Crippen LogP contribution in [0.2, 0.25) is 0 Å². The number of carbonyl (C=O) groups excluding carboxylic acids is 1. The predicted molar refractivity (Wildman–Crippen MR) is 58.0 cm³/mol. The summed E-state index contributed by atoms with van der Waals surface area (Å²) in [4.78, 5) is 11.3. The quantitative estimate of drug-likeness (QED) is 0.773. The topological polar surface area (TPSA) is 35.5 Å². The van der Waals surface area contributed by atoms with E-state index >= 15 is 0 Å². The molecule has 1 aromatic carbocycles. The van der Waals surface area contributed by atoms with E-state index in [0.29, 0.717) is 12.2 Å². The minimum absolute atomic E-state index is 0.147. The molecule has 0 saturated heterocycles. The Labute approximate surface area is 94.2 Å². The van der Waals surface area contributed by atoms with Crippen LogP contribution in [0.3, 0.4) is 0 Å². The normalized spacial score (nSPS) is 12.2. The van der Waals surface area contributed by atoms with Crippen LogP contribution in [0.1, 0.15) is 25.5 Å². The van der Waals surface area contributed by atoms with Gasteiger partial charge in [-0.05, 0) is 31.5 Å². The molecule has 0 N–H and O–H groups in total. The zero-order valence-electron chi connectivity index (χ0n) is 9.62. The number of hydrogen-bond donors (Lipinski definition) is 0. The van der Waals surface area contributed by atoms with Crippen LogP contribution in [-0.4, -0.2) is 19.5 Å². The van der Waals surface area contributed by atoms with Crippen LogP contribution in [0.25, 0.3) is 0 Å². The van der Waals surface area contributed by atoms with Crippen molar-refractivity contribution < 1.29 is 18.7 Å². The fraction of sp³-hybridized carbons (Fsp3) is 0.417. The number of carbonyl (C=O) groups is 1. The minimum atomic E-state index is -0.703. The van der Waals surface area contributed by atoms with Gasteiger partial charge in [0.05, 0.1) is 7.11 Å². The van der Waals surface area contributed by atoms with Crippen molar-refractivity contribution >= 4 is 5.78 Å². The molecule has 0 amide bonds. The molecule has 3 nitrogen and oxygen atoms in total. The van der Waals surface area contributed by atoms with Gasteiger partial charge in [0.2, 0.25) is 0 Å². The van der Waals surface area contributed by atoms with Crippen molar-refractivity contribution in [3.63, 3.8) is 0 Å². The van der Waals surface area contributed by atoms with Crippen molar-refractivity contribution in [1.82, 2.24) is 0 Å². The molecule has 0 bridgehead atoms. The van der Waals surface area contributed by atoms with E-state index in [1.54, 1.807) is 13.0 Å². The highest BCUT2D eigenvalue weighted by molar-refractivity contribution is 5.81. The molecule has 0 spiro atoms. The first-order valence-corrected chi connectivity index (χ1v) is 5.05. The highest BCUT2D eigenvalue weighted by atomic mass is 19.1. The lowest BCUT2D eigenvalue weighted by Crippen LogP contribution is -2.13. The standard InChI is InChI=1S/C12H15FO3/c1-4-16-12(8(2)14)9-5-6-11(15-3)10(13)7-9/h5-7,12H,4H2,1-3H3. The number of benzene rings is 1. The molecule has 1 atom stereocenters. The number of ether oxygens (including phenoxy) is 2. The molecule has 0 aliphatic carbocycles. The van der Waals surface area contributed by atoms with Gasteiger partial charge in [-0.25, -0.2) is 4.39 Å². The fourth-order valence-electron chi connectivity index (χ4n) is 1.46. The number of Topliss-reactive ketones (excluding diaryl/α,β-unsaturated/α-hetero) is 1. The monoisotopic (exact) mass is 226 g/mol. The Kier molecular flexibility index (Phi) is 4.43. The van der Waals surface area contributed by atoms with Gasteiger partial charge in [-0.3, -0.25) is 4.79 Å². The van der Waals surface area contributed by atoms with Crippen molar-refractivity contribution in [2.45, 2.75) is 20.0 Å². The van der Waals surface area contributed by atoms with Gasteiger partial charge in [-0.15, -0.1) is 0 Å². The number of methoxy groups -OCH3 is 1. The van der Waals surface area contributed by atoms with Gasteiger partial charge in [0.25, 0.3) is 0 Å². The molecule has 1 aromatic rings. The van der Waals surface area contributed by atoms with Crippen molar-refractivity contribution in [2.24, 2.45) is 0 Å². The largest absolute Gasteiger partial charge is 0.494 e. The number of hydrogen-bond acceptors (Lipinski definition) is 3. The smallest absolute Gasteiger partial charge is 0.165 e. The van der Waals surface area contributed by atoms with E-state index in [4.69, 9.17) is 9.47 Å². The third kappa shape index (κ3) is 2.79. The zero-order chi connectivity index (χ0) is 12.1. The highest BCUT2D eigenvalue weighted by Crippen LogP contribution is 2.24. The summed E-state index contributed by atoms with van der Waals surface area (Å²) < 4.78 is 23.5.